The summed E-state index contributed by atoms with van der Waals surface area (Å²) >= 11 is 1.76. The predicted octanol–water partition coefficient (Wildman–Crippen LogP) is 3.40. The Hall–Kier alpha value is -1.50. The Labute approximate surface area is 158 Å². The fraction of sp³-hybridized carbons (Fsp3) is 0.600. The van der Waals surface area contributed by atoms with E-state index in [1.54, 1.807) is 11.3 Å². The molecule has 140 valence electrons. The van der Waals surface area contributed by atoms with Gasteiger partial charge in [-0.2, -0.15) is 0 Å². The number of hydrogen-bond acceptors (Lipinski definition) is 5. The van der Waals surface area contributed by atoms with Crippen LogP contribution in [0.5, 0.6) is 0 Å². The van der Waals surface area contributed by atoms with Crippen molar-refractivity contribution in [1.29, 1.82) is 0 Å². The first-order valence-electron chi connectivity index (χ1n) is 9.74. The highest BCUT2D eigenvalue weighted by molar-refractivity contribution is 7.18. The van der Waals surface area contributed by atoms with Gasteiger partial charge in [-0.3, -0.25) is 4.79 Å². The number of piperidine rings is 1. The number of benzene rings is 1. The van der Waals surface area contributed by atoms with Crippen LogP contribution < -0.4 is 5.32 Å². The molecule has 2 fully saturated rings. The molecule has 3 heterocycles. The van der Waals surface area contributed by atoms with E-state index in [2.05, 4.69) is 17.1 Å². The third-order valence-corrected chi connectivity index (χ3v) is 6.79. The van der Waals surface area contributed by atoms with Gasteiger partial charge >= 0.3 is 0 Å². The smallest absolute Gasteiger partial charge is 0.251 e. The van der Waals surface area contributed by atoms with Crippen LogP contribution in [-0.2, 0) is 4.74 Å². The normalized spacial score (nSPS) is 20.5. The summed E-state index contributed by atoms with van der Waals surface area (Å²) in [6.45, 7) is 7.16. The van der Waals surface area contributed by atoms with Gasteiger partial charge in [-0.05, 0) is 63.5 Å². The second-order valence-electron chi connectivity index (χ2n) is 7.30. The quantitative estimate of drug-likeness (QED) is 0.892. The van der Waals surface area contributed by atoms with Crippen LogP contribution >= 0.6 is 11.3 Å². The molecule has 0 radical (unpaired) electrons. The molecule has 4 rings (SSSR count). The Bertz CT molecular complexity index is 762. The SMILES string of the molecule is CCN1CCC(c2nc3ccc(C(=O)NC4CCOCC4)cc3s2)CC1. The van der Waals surface area contributed by atoms with Crippen LogP contribution in [0.15, 0.2) is 18.2 Å². The molecule has 2 aliphatic heterocycles. The summed E-state index contributed by atoms with van der Waals surface area (Å²) in [6.07, 6.45) is 4.17. The molecule has 6 heteroatoms. The minimum atomic E-state index is 0.0185. The summed E-state index contributed by atoms with van der Waals surface area (Å²) in [6, 6.07) is 6.13. The number of aromatic nitrogens is 1. The van der Waals surface area contributed by atoms with E-state index in [0.717, 1.165) is 61.5 Å². The van der Waals surface area contributed by atoms with Crippen molar-refractivity contribution < 1.29 is 9.53 Å². The molecule has 0 saturated carbocycles. The predicted molar refractivity (Wildman–Crippen MR) is 105 cm³/mol. The van der Waals surface area contributed by atoms with E-state index in [4.69, 9.17) is 9.72 Å². The molecular formula is C20H27N3O2S. The van der Waals surface area contributed by atoms with Gasteiger partial charge in [0.1, 0.15) is 0 Å². The van der Waals surface area contributed by atoms with Crippen molar-refractivity contribution in [2.24, 2.45) is 0 Å². The zero-order valence-electron chi connectivity index (χ0n) is 15.4. The van der Waals surface area contributed by atoms with E-state index in [-0.39, 0.29) is 11.9 Å². The molecular weight excluding hydrogens is 346 g/mol. The van der Waals surface area contributed by atoms with Crippen molar-refractivity contribution >= 4 is 27.5 Å². The number of ether oxygens (including phenoxy) is 1. The molecule has 1 aromatic carbocycles. The third-order valence-electron chi connectivity index (χ3n) is 5.61. The third kappa shape index (κ3) is 3.92. The van der Waals surface area contributed by atoms with E-state index in [9.17, 15) is 4.79 Å². The van der Waals surface area contributed by atoms with Gasteiger partial charge in [0.25, 0.3) is 5.91 Å². The van der Waals surface area contributed by atoms with E-state index in [1.807, 2.05) is 18.2 Å². The summed E-state index contributed by atoms with van der Waals surface area (Å²) in [7, 11) is 0. The number of hydrogen-bond donors (Lipinski definition) is 1. The Kier molecular flexibility index (Phi) is 5.52. The highest BCUT2D eigenvalue weighted by Gasteiger charge is 2.23. The standard InChI is InChI=1S/C20H27N3O2S/c1-2-23-9-5-14(6-10-23)20-22-17-4-3-15(13-18(17)26-20)19(24)21-16-7-11-25-12-8-16/h3-4,13-14,16H,2,5-12H2,1H3,(H,21,24). The number of fused-ring (bicyclic) bond motifs is 1. The van der Waals surface area contributed by atoms with Gasteiger partial charge in [-0.15, -0.1) is 11.3 Å². The Morgan fingerprint density at radius 3 is 2.77 bits per heavy atom. The van der Waals surface area contributed by atoms with Crippen molar-refractivity contribution in [3.63, 3.8) is 0 Å². The zero-order valence-corrected chi connectivity index (χ0v) is 16.2. The van der Waals surface area contributed by atoms with Crippen molar-refractivity contribution in [2.75, 3.05) is 32.8 Å². The maximum absolute atomic E-state index is 12.6. The molecule has 0 bridgehead atoms. The summed E-state index contributed by atoms with van der Waals surface area (Å²) in [4.78, 5) is 19.9. The van der Waals surface area contributed by atoms with E-state index >= 15 is 0 Å². The lowest BCUT2D eigenvalue weighted by molar-refractivity contribution is 0.0696. The Morgan fingerprint density at radius 2 is 2.04 bits per heavy atom. The molecule has 26 heavy (non-hydrogen) atoms. The lowest BCUT2D eigenvalue weighted by atomic mass is 9.98. The molecule has 5 nitrogen and oxygen atoms in total. The van der Waals surface area contributed by atoms with Crippen LogP contribution in [0.2, 0.25) is 0 Å². The van der Waals surface area contributed by atoms with Crippen molar-refractivity contribution in [1.82, 2.24) is 15.2 Å². The van der Waals surface area contributed by atoms with Gasteiger partial charge in [0.2, 0.25) is 0 Å². The average molecular weight is 374 g/mol. The molecule has 0 atom stereocenters. The molecule has 0 unspecified atom stereocenters. The average Bonchev–Trinajstić information content (AvgIpc) is 3.12. The van der Waals surface area contributed by atoms with Gasteiger partial charge in [-0.25, -0.2) is 4.98 Å². The molecule has 2 saturated heterocycles. The minimum absolute atomic E-state index is 0.0185. The van der Waals surface area contributed by atoms with E-state index in [0.29, 0.717) is 5.92 Å². The summed E-state index contributed by atoms with van der Waals surface area (Å²) < 4.78 is 6.48. The second kappa shape index (κ2) is 8.03. The van der Waals surface area contributed by atoms with Gasteiger partial charge < -0.3 is 15.0 Å². The van der Waals surface area contributed by atoms with E-state index in [1.165, 1.54) is 17.8 Å². The van der Waals surface area contributed by atoms with Crippen LogP contribution in [0.25, 0.3) is 10.2 Å². The van der Waals surface area contributed by atoms with Crippen LogP contribution in [0, 0.1) is 0 Å². The molecule has 2 aromatic rings. The van der Waals surface area contributed by atoms with Gasteiger partial charge in [0, 0.05) is 30.7 Å². The highest BCUT2D eigenvalue weighted by atomic mass is 32.1. The molecule has 1 amide bonds. The number of carbonyl (C=O) groups is 1. The first-order chi connectivity index (χ1) is 12.7. The van der Waals surface area contributed by atoms with Crippen molar-refractivity contribution in [3.05, 3.63) is 28.8 Å². The molecule has 1 aromatic heterocycles. The number of nitrogens with zero attached hydrogens (tertiary/aromatic N) is 2. The Morgan fingerprint density at radius 1 is 1.27 bits per heavy atom. The van der Waals surface area contributed by atoms with Crippen LogP contribution in [0.4, 0.5) is 0 Å². The fourth-order valence-electron chi connectivity index (χ4n) is 3.87. The largest absolute Gasteiger partial charge is 0.381 e. The number of thiazole rings is 1. The maximum atomic E-state index is 12.6. The second-order valence-corrected chi connectivity index (χ2v) is 8.37. The number of carbonyl (C=O) groups excluding carboxylic acids is 1. The molecule has 0 spiro atoms. The van der Waals surface area contributed by atoms with Gasteiger partial charge in [0.05, 0.1) is 15.2 Å². The zero-order chi connectivity index (χ0) is 17.9. The molecule has 0 aliphatic carbocycles. The summed E-state index contributed by atoms with van der Waals surface area (Å²) in [5.74, 6) is 0.583. The number of nitrogens with one attached hydrogen (secondary N) is 1. The maximum Gasteiger partial charge on any atom is 0.251 e. The minimum Gasteiger partial charge on any atom is -0.381 e. The number of likely N-dealkylation sites (tertiary alicyclic amines) is 1. The van der Waals surface area contributed by atoms with Crippen molar-refractivity contribution in [2.45, 2.75) is 44.6 Å². The number of rotatable bonds is 4. The topological polar surface area (TPSA) is 54.5 Å². The molecule has 1 N–H and O–H groups in total. The van der Waals surface area contributed by atoms with Gasteiger partial charge in [0.15, 0.2) is 0 Å². The lowest BCUT2D eigenvalue weighted by Crippen LogP contribution is -2.38. The fourth-order valence-corrected chi connectivity index (χ4v) is 5.04. The Balaban J connectivity index is 1.46. The first-order valence-corrected chi connectivity index (χ1v) is 10.6. The van der Waals surface area contributed by atoms with Crippen LogP contribution in [0.3, 0.4) is 0 Å². The number of amides is 1. The summed E-state index contributed by atoms with van der Waals surface area (Å²) in [5, 5.41) is 4.38. The van der Waals surface area contributed by atoms with Gasteiger partial charge in [-0.1, -0.05) is 6.92 Å². The van der Waals surface area contributed by atoms with Crippen LogP contribution in [0.1, 0.15) is 53.9 Å². The van der Waals surface area contributed by atoms with E-state index < -0.39 is 0 Å². The molecule has 2 aliphatic rings. The van der Waals surface area contributed by atoms with Crippen molar-refractivity contribution in [3.8, 4) is 0 Å². The lowest BCUT2D eigenvalue weighted by Gasteiger charge is -2.29. The highest BCUT2D eigenvalue weighted by Crippen LogP contribution is 2.34. The van der Waals surface area contributed by atoms with Crippen LogP contribution in [-0.4, -0.2) is 54.7 Å². The first kappa shape index (κ1) is 17.9. The summed E-state index contributed by atoms with van der Waals surface area (Å²) in [5.41, 5.74) is 1.76. The monoisotopic (exact) mass is 373 g/mol.